The SMILES string of the molecule is c1ccc(-c2c3ccccc3c(-c3ccccc3)c3cc(-c4cccc5c4-c4ccccc4[SH]5c4ccc5c(-c6cccc7ccccc67)c6ccc(-c7cccc8sc9ccccc9c78)cc6c(-c6cccc7ccccc67)c5c4)ccc23)cc1. The second-order valence-corrected chi connectivity index (χ2v) is 26.1. The minimum Gasteiger partial charge on any atom is -0.172 e. The lowest BCUT2D eigenvalue weighted by atomic mass is 9.82. The first kappa shape index (κ1) is 49.1. The van der Waals surface area contributed by atoms with Crippen LogP contribution < -0.4 is 0 Å². The fourth-order valence-electron chi connectivity index (χ4n) is 14.7. The molecule has 0 bridgehead atoms. The average Bonchev–Trinajstić information content (AvgIpc) is 1.14. The van der Waals surface area contributed by atoms with Crippen molar-refractivity contribution >= 4 is 107 Å². The second-order valence-electron chi connectivity index (χ2n) is 22.9. The molecule has 1 aliphatic heterocycles. The maximum Gasteiger partial charge on any atom is 0.0361 e. The van der Waals surface area contributed by atoms with Gasteiger partial charge in [-0.05, 0) is 190 Å². The molecule has 17 aromatic rings. The summed E-state index contributed by atoms with van der Waals surface area (Å²) in [6.45, 7) is 0. The quantitative estimate of drug-likeness (QED) is 0.119. The van der Waals surface area contributed by atoms with Crippen LogP contribution in [0.2, 0.25) is 0 Å². The fraction of sp³-hybridized carbons (Fsp3) is 0. The molecular formula is C84H52S2. The Morgan fingerprint density at radius 1 is 0.209 bits per heavy atom. The van der Waals surface area contributed by atoms with Crippen molar-refractivity contribution in [2.45, 2.75) is 14.7 Å². The highest BCUT2D eigenvalue weighted by Crippen LogP contribution is 2.65. The van der Waals surface area contributed by atoms with Gasteiger partial charge in [0.25, 0.3) is 0 Å². The van der Waals surface area contributed by atoms with Gasteiger partial charge in [0, 0.05) is 35.5 Å². The normalized spacial score (nSPS) is 13.4. The Bertz CT molecular complexity index is 5640. The monoisotopic (exact) mass is 1120 g/mol. The van der Waals surface area contributed by atoms with Crippen LogP contribution in [-0.4, -0.2) is 0 Å². The van der Waals surface area contributed by atoms with Crippen molar-refractivity contribution < 1.29 is 0 Å². The van der Waals surface area contributed by atoms with E-state index in [1.807, 2.05) is 11.3 Å². The molecule has 0 nitrogen and oxygen atoms in total. The highest BCUT2D eigenvalue weighted by Gasteiger charge is 2.31. The molecule has 0 saturated heterocycles. The number of rotatable bonds is 7. The van der Waals surface area contributed by atoms with Crippen molar-refractivity contribution in [2.75, 3.05) is 0 Å². The lowest BCUT2D eigenvalue weighted by Crippen LogP contribution is -1.94. The lowest BCUT2D eigenvalue weighted by Gasteiger charge is -2.24. The molecule has 1 aromatic heterocycles. The van der Waals surface area contributed by atoms with Crippen LogP contribution in [0.1, 0.15) is 0 Å². The molecule has 0 amide bonds. The highest BCUT2D eigenvalue weighted by atomic mass is 32.2. The van der Waals surface area contributed by atoms with Crippen LogP contribution in [0.4, 0.5) is 0 Å². The van der Waals surface area contributed by atoms with E-state index in [0.29, 0.717) is 0 Å². The molecule has 16 aromatic carbocycles. The number of hydrogen-bond acceptors (Lipinski definition) is 1. The van der Waals surface area contributed by atoms with Crippen molar-refractivity contribution in [1.82, 2.24) is 0 Å². The number of thiophene rings is 1. The van der Waals surface area contributed by atoms with Crippen molar-refractivity contribution in [3.05, 3.63) is 309 Å². The minimum absolute atomic E-state index is 1.01. The van der Waals surface area contributed by atoms with E-state index in [0.717, 1.165) is 0 Å². The molecule has 1 atom stereocenters. The molecule has 400 valence electrons. The van der Waals surface area contributed by atoms with Gasteiger partial charge in [-0.15, -0.1) is 11.3 Å². The molecule has 1 aliphatic rings. The summed E-state index contributed by atoms with van der Waals surface area (Å²) in [5.41, 5.74) is 17.6. The molecule has 0 radical (unpaired) electrons. The minimum atomic E-state index is -1.01. The van der Waals surface area contributed by atoms with Crippen molar-refractivity contribution in [2.24, 2.45) is 0 Å². The standard InChI is InChI=1S/C84H52S2/c1-3-23-54(24-4-1)79-65-31-11-12-32-66(65)80(55-25-5-2-6-26-55)72-49-57(43-46-67(72)79)62-36-20-42-78-84(62)71-34-14-16-41-77(71)86(78)58-45-48-69-74(51-58)82(64-38-18-28-53-22-8-10-30-60(53)64)73-50-56(61-35-19-40-76-83(61)70-33-13-15-39-75(70)85-76)44-47-68(73)81(69)63-37-17-27-52-21-7-9-29-59(52)63/h1-51,86H. The van der Waals surface area contributed by atoms with Crippen LogP contribution in [0.25, 0.3) is 163 Å². The zero-order chi connectivity index (χ0) is 56.4. The molecule has 1 unspecified atom stereocenters. The molecule has 0 fully saturated rings. The lowest BCUT2D eigenvalue weighted by molar-refractivity contribution is 1.42. The maximum absolute atomic E-state index is 2.61. The predicted molar refractivity (Wildman–Crippen MR) is 373 cm³/mol. The Labute approximate surface area is 505 Å². The van der Waals surface area contributed by atoms with Gasteiger partial charge in [0.15, 0.2) is 0 Å². The van der Waals surface area contributed by atoms with Crippen LogP contribution in [0.3, 0.4) is 0 Å². The molecule has 0 aliphatic carbocycles. The third-order valence-electron chi connectivity index (χ3n) is 18.3. The Morgan fingerprint density at radius 3 is 1.31 bits per heavy atom. The third kappa shape index (κ3) is 7.50. The van der Waals surface area contributed by atoms with Gasteiger partial charge in [0.05, 0.1) is 0 Å². The summed E-state index contributed by atoms with van der Waals surface area (Å²) in [6, 6.07) is 117. The maximum atomic E-state index is 2.61. The van der Waals surface area contributed by atoms with Gasteiger partial charge in [-0.2, -0.15) is 10.9 Å². The fourth-order valence-corrected chi connectivity index (χ4v) is 18.5. The van der Waals surface area contributed by atoms with Crippen LogP contribution in [-0.2, 0) is 0 Å². The molecule has 18 rings (SSSR count). The van der Waals surface area contributed by atoms with Gasteiger partial charge in [-0.1, -0.05) is 261 Å². The van der Waals surface area contributed by atoms with Crippen LogP contribution in [0.15, 0.2) is 324 Å². The van der Waals surface area contributed by atoms with Gasteiger partial charge in [-0.25, -0.2) is 0 Å². The Hall–Kier alpha value is -10.4. The molecule has 86 heavy (non-hydrogen) atoms. The first-order chi connectivity index (χ1) is 42.7. The van der Waals surface area contributed by atoms with Gasteiger partial charge in [0.1, 0.15) is 0 Å². The summed E-state index contributed by atoms with van der Waals surface area (Å²) in [7, 11) is -1.01. The Morgan fingerprint density at radius 2 is 0.628 bits per heavy atom. The van der Waals surface area contributed by atoms with E-state index >= 15 is 0 Å². The van der Waals surface area contributed by atoms with Crippen molar-refractivity contribution in [3.63, 3.8) is 0 Å². The number of hydrogen-bond donors (Lipinski definition) is 1. The summed E-state index contributed by atoms with van der Waals surface area (Å²) in [5.74, 6) is 0. The molecule has 2 heteroatoms. The van der Waals surface area contributed by atoms with E-state index in [4.69, 9.17) is 0 Å². The summed E-state index contributed by atoms with van der Waals surface area (Å²) in [4.78, 5) is 4.13. The predicted octanol–water partition coefficient (Wildman–Crippen LogP) is 24.4. The van der Waals surface area contributed by atoms with E-state index in [1.54, 1.807) is 0 Å². The largest absolute Gasteiger partial charge is 0.172 e. The zero-order valence-corrected chi connectivity index (χ0v) is 48.5. The Kier molecular flexibility index (Phi) is 11.2. The summed E-state index contributed by atoms with van der Waals surface area (Å²) < 4.78 is 2.62. The van der Waals surface area contributed by atoms with Crippen LogP contribution in [0.5, 0.6) is 0 Å². The summed E-state index contributed by atoms with van der Waals surface area (Å²) in [5, 5.41) is 17.6. The van der Waals surface area contributed by atoms with Gasteiger partial charge >= 0.3 is 0 Å². The van der Waals surface area contributed by atoms with Crippen LogP contribution in [0, 0.1) is 0 Å². The van der Waals surface area contributed by atoms with Gasteiger partial charge in [-0.3, -0.25) is 0 Å². The van der Waals surface area contributed by atoms with E-state index in [1.165, 1.54) is 177 Å². The highest BCUT2D eigenvalue weighted by molar-refractivity contribution is 8.17. The van der Waals surface area contributed by atoms with Crippen molar-refractivity contribution in [3.8, 4) is 77.9 Å². The van der Waals surface area contributed by atoms with E-state index < -0.39 is 10.9 Å². The van der Waals surface area contributed by atoms with Crippen LogP contribution >= 0.6 is 22.2 Å². The van der Waals surface area contributed by atoms with Gasteiger partial charge < -0.3 is 0 Å². The molecule has 0 spiro atoms. The van der Waals surface area contributed by atoms with E-state index in [2.05, 4.69) is 309 Å². The Balaban J connectivity index is 0.910. The first-order valence-corrected chi connectivity index (χ1v) is 31.9. The average molecular weight is 1130 g/mol. The summed E-state index contributed by atoms with van der Waals surface area (Å²) in [6.07, 6.45) is 0. The van der Waals surface area contributed by atoms with E-state index in [-0.39, 0.29) is 0 Å². The smallest absolute Gasteiger partial charge is 0.0361 e. The summed E-state index contributed by atoms with van der Waals surface area (Å²) >= 11 is 1.88. The molecule has 2 heterocycles. The van der Waals surface area contributed by atoms with E-state index in [9.17, 15) is 0 Å². The molecular weight excluding hydrogens is 1070 g/mol. The third-order valence-corrected chi connectivity index (χ3v) is 22.0. The first-order valence-electron chi connectivity index (χ1n) is 29.7. The van der Waals surface area contributed by atoms with Crippen molar-refractivity contribution in [1.29, 1.82) is 0 Å². The van der Waals surface area contributed by atoms with Gasteiger partial charge in [0.2, 0.25) is 0 Å². The number of thiol groups is 1. The number of benzene rings is 16. The second kappa shape index (κ2) is 19.6. The number of fused-ring (bicyclic) bond motifs is 12. The zero-order valence-electron chi connectivity index (χ0n) is 46.8. The topological polar surface area (TPSA) is 0 Å². The molecule has 0 N–H and O–H groups in total. The molecule has 0 saturated carbocycles.